The SMILES string of the molecule is CCOCCCNc1ccc(S(=O)(=O)NCCC(C)C)cc1C(=O)O. The molecule has 25 heavy (non-hydrogen) atoms. The van der Waals surface area contributed by atoms with Gasteiger partial charge in [-0.2, -0.15) is 0 Å². The van der Waals surface area contributed by atoms with Gasteiger partial charge in [-0.1, -0.05) is 13.8 Å². The number of anilines is 1. The molecule has 0 fully saturated rings. The number of rotatable bonds is 12. The minimum atomic E-state index is -3.72. The lowest BCUT2D eigenvalue weighted by molar-refractivity contribution is 0.0697. The van der Waals surface area contributed by atoms with Crippen molar-refractivity contribution in [3.8, 4) is 0 Å². The topological polar surface area (TPSA) is 105 Å². The highest BCUT2D eigenvalue weighted by molar-refractivity contribution is 7.89. The summed E-state index contributed by atoms with van der Waals surface area (Å²) in [4.78, 5) is 11.4. The average molecular weight is 372 g/mol. The summed E-state index contributed by atoms with van der Waals surface area (Å²) >= 11 is 0. The van der Waals surface area contributed by atoms with Crippen LogP contribution in [0.25, 0.3) is 0 Å². The fourth-order valence-electron chi connectivity index (χ4n) is 2.13. The summed E-state index contributed by atoms with van der Waals surface area (Å²) < 4.78 is 32.3. The molecule has 1 rings (SSSR count). The first-order valence-corrected chi connectivity index (χ1v) is 9.95. The maximum absolute atomic E-state index is 12.3. The van der Waals surface area contributed by atoms with Crippen molar-refractivity contribution in [1.29, 1.82) is 0 Å². The summed E-state index contributed by atoms with van der Waals surface area (Å²) in [6, 6.07) is 4.08. The lowest BCUT2D eigenvalue weighted by Crippen LogP contribution is -2.26. The van der Waals surface area contributed by atoms with E-state index < -0.39 is 16.0 Å². The minimum Gasteiger partial charge on any atom is -0.478 e. The molecule has 0 heterocycles. The summed E-state index contributed by atoms with van der Waals surface area (Å²) in [6.45, 7) is 7.99. The van der Waals surface area contributed by atoms with Crippen LogP contribution in [-0.4, -0.2) is 45.8 Å². The molecule has 0 radical (unpaired) electrons. The van der Waals surface area contributed by atoms with Gasteiger partial charge < -0.3 is 15.2 Å². The predicted octanol–water partition coefficient (Wildman–Crippen LogP) is 2.55. The molecule has 0 bridgehead atoms. The molecular weight excluding hydrogens is 344 g/mol. The number of carboxylic acid groups (broad SMARTS) is 1. The zero-order valence-electron chi connectivity index (χ0n) is 15.0. The first-order chi connectivity index (χ1) is 11.8. The largest absolute Gasteiger partial charge is 0.478 e. The zero-order valence-corrected chi connectivity index (χ0v) is 15.9. The Bertz CT molecular complexity index is 659. The van der Waals surface area contributed by atoms with Gasteiger partial charge >= 0.3 is 5.97 Å². The molecule has 0 aliphatic rings. The summed E-state index contributed by atoms with van der Waals surface area (Å²) in [7, 11) is -3.72. The standard InChI is InChI=1S/C17H28N2O5S/c1-4-24-11-5-9-18-16-7-6-14(12-15(16)17(20)21)25(22,23)19-10-8-13(2)3/h6-7,12-13,18-19H,4-5,8-11H2,1-3H3,(H,20,21). The van der Waals surface area contributed by atoms with E-state index in [0.717, 1.165) is 6.42 Å². The highest BCUT2D eigenvalue weighted by Crippen LogP contribution is 2.21. The van der Waals surface area contributed by atoms with Gasteiger partial charge in [-0.25, -0.2) is 17.9 Å². The van der Waals surface area contributed by atoms with Gasteiger partial charge in [0.25, 0.3) is 0 Å². The second-order valence-corrected chi connectivity index (χ2v) is 7.84. The van der Waals surface area contributed by atoms with Crippen LogP contribution in [0.3, 0.4) is 0 Å². The van der Waals surface area contributed by atoms with Crippen LogP contribution in [-0.2, 0) is 14.8 Å². The molecule has 0 aliphatic carbocycles. The summed E-state index contributed by atoms with van der Waals surface area (Å²) in [6.07, 6.45) is 1.44. The van der Waals surface area contributed by atoms with E-state index in [0.29, 0.717) is 44.3 Å². The van der Waals surface area contributed by atoms with E-state index in [1.807, 2.05) is 20.8 Å². The normalized spacial score (nSPS) is 11.7. The molecule has 0 aliphatic heterocycles. The Morgan fingerprint density at radius 3 is 2.60 bits per heavy atom. The molecule has 0 saturated heterocycles. The number of nitrogens with one attached hydrogen (secondary N) is 2. The van der Waals surface area contributed by atoms with E-state index in [4.69, 9.17) is 4.74 Å². The molecule has 3 N–H and O–H groups in total. The van der Waals surface area contributed by atoms with Gasteiger partial charge in [-0.3, -0.25) is 0 Å². The van der Waals surface area contributed by atoms with Crippen molar-refractivity contribution in [2.45, 2.75) is 38.5 Å². The fourth-order valence-corrected chi connectivity index (χ4v) is 3.20. The molecule has 7 nitrogen and oxygen atoms in total. The van der Waals surface area contributed by atoms with E-state index in [9.17, 15) is 18.3 Å². The van der Waals surface area contributed by atoms with Crippen LogP contribution >= 0.6 is 0 Å². The van der Waals surface area contributed by atoms with E-state index in [-0.39, 0.29) is 10.5 Å². The van der Waals surface area contributed by atoms with Crippen LogP contribution in [0.2, 0.25) is 0 Å². The van der Waals surface area contributed by atoms with Gasteiger partial charge in [0.05, 0.1) is 10.5 Å². The zero-order chi connectivity index (χ0) is 18.9. The van der Waals surface area contributed by atoms with Gasteiger partial charge in [-0.05, 0) is 43.9 Å². The smallest absolute Gasteiger partial charge is 0.337 e. The van der Waals surface area contributed by atoms with Gasteiger partial charge in [0.2, 0.25) is 10.0 Å². The second-order valence-electron chi connectivity index (χ2n) is 6.07. The van der Waals surface area contributed by atoms with E-state index in [1.54, 1.807) is 0 Å². The van der Waals surface area contributed by atoms with Crippen LogP contribution < -0.4 is 10.0 Å². The van der Waals surface area contributed by atoms with Gasteiger partial charge in [0.15, 0.2) is 0 Å². The minimum absolute atomic E-state index is 0.0477. The number of hydrogen-bond acceptors (Lipinski definition) is 5. The van der Waals surface area contributed by atoms with Crippen molar-refractivity contribution in [1.82, 2.24) is 4.72 Å². The summed E-state index contributed by atoms with van der Waals surface area (Å²) in [5.74, 6) is -0.799. The summed E-state index contributed by atoms with van der Waals surface area (Å²) in [5, 5.41) is 12.4. The van der Waals surface area contributed by atoms with Crippen LogP contribution in [0.5, 0.6) is 0 Å². The molecule has 0 spiro atoms. The quantitative estimate of drug-likeness (QED) is 0.487. The second kappa shape index (κ2) is 10.4. The number of aromatic carboxylic acids is 1. The van der Waals surface area contributed by atoms with E-state index in [2.05, 4.69) is 10.0 Å². The molecule has 0 saturated carbocycles. The molecule has 0 aromatic heterocycles. The first-order valence-electron chi connectivity index (χ1n) is 8.46. The fraction of sp³-hybridized carbons (Fsp3) is 0.588. The van der Waals surface area contributed by atoms with Crippen molar-refractivity contribution in [3.63, 3.8) is 0 Å². The van der Waals surface area contributed by atoms with Gasteiger partial charge in [0, 0.05) is 32.0 Å². The molecule has 1 aromatic rings. The Kier molecular flexibility index (Phi) is 8.88. The van der Waals surface area contributed by atoms with Crippen molar-refractivity contribution >= 4 is 21.7 Å². The van der Waals surface area contributed by atoms with Crippen LogP contribution in [0, 0.1) is 5.92 Å². The Hall–Kier alpha value is -1.64. The third kappa shape index (κ3) is 7.41. The molecule has 0 amide bonds. The molecule has 0 atom stereocenters. The number of hydrogen-bond donors (Lipinski definition) is 3. The maximum Gasteiger partial charge on any atom is 0.337 e. The molecular formula is C17H28N2O5S. The lowest BCUT2D eigenvalue weighted by Gasteiger charge is -2.13. The van der Waals surface area contributed by atoms with Crippen molar-refractivity contribution in [2.24, 2.45) is 5.92 Å². The van der Waals surface area contributed by atoms with Crippen molar-refractivity contribution in [2.75, 3.05) is 31.6 Å². The maximum atomic E-state index is 12.3. The molecule has 8 heteroatoms. The van der Waals surface area contributed by atoms with Crippen LogP contribution in [0.15, 0.2) is 23.1 Å². The molecule has 142 valence electrons. The number of benzene rings is 1. The number of carboxylic acids is 1. The lowest BCUT2D eigenvalue weighted by atomic mass is 10.1. The Morgan fingerprint density at radius 2 is 2.00 bits per heavy atom. The van der Waals surface area contributed by atoms with Crippen molar-refractivity contribution < 1.29 is 23.1 Å². The van der Waals surface area contributed by atoms with E-state index >= 15 is 0 Å². The number of sulfonamides is 1. The number of ether oxygens (including phenoxy) is 1. The Balaban J connectivity index is 2.83. The Morgan fingerprint density at radius 1 is 1.28 bits per heavy atom. The highest BCUT2D eigenvalue weighted by Gasteiger charge is 2.18. The summed E-state index contributed by atoms with van der Waals surface area (Å²) in [5.41, 5.74) is 0.327. The van der Waals surface area contributed by atoms with Crippen molar-refractivity contribution in [3.05, 3.63) is 23.8 Å². The average Bonchev–Trinajstić information content (AvgIpc) is 2.54. The van der Waals surface area contributed by atoms with Crippen LogP contribution in [0.4, 0.5) is 5.69 Å². The molecule has 1 aromatic carbocycles. The third-order valence-electron chi connectivity index (χ3n) is 3.53. The first kappa shape index (κ1) is 21.4. The Labute approximate surface area is 149 Å². The predicted molar refractivity (Wildman–Crippen MR) is 97.6 cm³/mol. The number of carbonyl (C=O) groups is 1. The van der Waals surface area contributed by atoms with Crippen LogP contribution in [0.1, 0.15) is 44.0 Å². The molecule has 0 unspecified atom stereocenters. The van der Waals surface area contributed by atoms with Gasteiger partial charge in [-0.15, -0.1) is 0 Å². The highest BCUT2D eigenvalue weighted by atomic mass is 32.2. The third-order valence-corrected chi connectivity index (χ3v) is 4.99. The van der Waals surface area contributed by atoms with E-state index in [1.165, 1.54) is 18.2 Å². The van der Waals surface area contributed by atoms with Gasteiger partial charge in [0.1, 0.15) is 0 Å². The monoisotopic (exact) mass is 372 g/mol.